The van der Waals surface area contributed by atoms with Crippen LogP contribution in [0.15, 0.2) is 42.5 Å². The molecule has 0 aliphatic carbocycles. The van der Waals surface area contributed by atoms with E-state index in [4.69, 9.17) is 11.6 Å². The second-order valence-electron chi connectivity index (χ2n) is 7.21. The maximum absolute atomic E-state index is 12.2. The first-order valence-corrected chi connectivity index (χ1v) is 9.99. The molecule has 0 radical (unpaired) electrons. The number of halogens is 1. The Balaban J connectivity index is 1.36. The Morgan fingerprint density at radius 1 is 1.00 bits per heavy atom. The summed E-state index contributed by atoms with van der Waals surface area (Å²) in [5.41, 5.74) is 4.35. The van der Waals surface area contributed by atoms with Crippen LogP contribution in [-0.4, -0.2) is 50.1 Å². The number of carbonyl (C=O) groups is 1. The number of carbonyl (C=O) groups excluding carboxylic acids is 1. The van der Waals surface area contributed by atoms with Crippen LogP contribution in [0.4, 0.5) is 5.69 Å². The predicted molar refractivity (Wildman–Crippen MR) is 113 cm³/mol. The second kappa shape index (κ2) is 9.25. The average molecular weight is 386 g/mol. The predicted octanol–water partition coefficient (Wildman–Crippen LogP) is 3.90. The van der Waals surface area contributed by atoms with Gasteiger partial charge in [-0.1, -0.05) is 17.7 Å². The molecule has 1 heterocycles. The summed E-state index contributed by atoms with van der Waals surface area (Å²) < 4.78 is 0. The number of nitrogens with zero attached hydrogens (tertiary/aromatic N) is 2. The lowest BCUT2D eigenvalue weighted by molar-refractivity contribution is 0.0951. The van der Waals surface area contributed by atoms with E-state index in [2.05, 4.69) is 34.2 Å². The summed E-state index contributed by atoms with van der Waals surface area (Å²) in [7, 11) is 0. The van der Waals surface area contributed by atoms with Gasteiger partial charge in [0.05, 0.1) is 0 Å². The van der Waals surface area contributed by atoms with Gasteiger partial charge in [-0.2, -0.15) is 0 Å². The van der Waals surface area contributed by atoms with Gasteiger partial charge in [-0.25, -0.2) is 0 Å². The minimum atomic E-state index is 0.0191. The Labute approximate surface area is 167 Å². The minimum absolute atomic E-state index is 0.0191. The van der Waals surface area contributed by atoms with Crippen molar-refractivity contribution in [3.63, 3.8) is 0 Å². The number of anilines is 1. The van der Waals surface area contributed by atoms with Crippen LogP contribution in [0.5, 0.6) is 0 Å². The van der Waals surface area contributed by atoms with Crippen LogP contribution in [-0.2, 0) is 0 Å². The Morgan fingerprint density at radius 3 is 2.37 bits per heavy atom. The van der Waals surface area contributed by atoms with Crippen molar-refractivity contribution in [1.82, 2.24) is 10.2 Å². The van der Waals surface area contributed by atoms with Crippen molar-refractivity contribution in [3.8, 4) is 0 Å². The number of piperazine rings is 1. The lowest BCUT2D eigenvalue weighted by atomic mass is 10.1. The van der Waals surface area contributed by atoms with Gasteiger partial charge in [-0.3, -0.25) is 9.69 Å². The maximum Gasteiger partial charge on any atom is 0.251 e. The summed E-state index contributed by atoms with van der Waals surface area (Å²) in [6, 6.07) is 13.9. The lowest BCUT2D eigenvalue weighted by Gasteiger charge is -2.36. The van der Waals surface area contributed by atoms with Crippen molar-refractivity contribution in [2.75, 3.05) is 44.2 Å². The summed E-state index contributed by atoms with van der Waals surface area (Å²) in [6.45, 7) is 9.97. The molecule has 27 heavy (non-hydrogen) atoms. The Hall–Kier alpha value is -2.04. The van der Waals surface area contributed by atoms with Gasteiger partial charge >= 0.3 is 0 Å². The Morgan fingerprint density at radius 2 is 1.70 bits per heavy atom. The van der Waals surface area contributed by atoms with Crippen LogP contribution in [0.25, 0.3) is 0 Å². The number of nitrogens with one attached hydrogen (secondary N) is 1. The molecule has 144 valence electrons. The number of hydrogen-bond donors (Lipinski definition) is 1. The molecule has 1 aliphatic heterocycles. The molecule has 2 aromatic carbocycles. The Kier molecular flexibility index (Phi) is 6.75. The second-order valence-corrected chi connectivity index (χ2v) is 7.65. The molecule has 0 aromatic heterocycles. The molecule has 0 saturated carbocycles. The largest absolute Gasteiger partial charge is 0.369 e. The van der Waals surface area contributed by atoms with E-state index < -0.39 is 0 Å². The van der Waals surface area contributed by atoms with Crippen molar-refractivity contribution in [3.05, 3.63) is 64.2 Å². The van der Waals surface area contributed by atoms with Gasteiger partial charge in [-0.05, 0) is 74.3 Å². The Bertz CT molecular complexity index is 768. The number of amides is 1. The quantitative estimate of drug-likeness (QED) is 0.766. The topological polar surface area (TPSA) is 35.6 Å². The van der Waals surface area contributed by atoms with E-state index in [-0.39, 0.29) is 5.91 Å². The first kappa shape index (κ1) is 19.7. The summed E-state index contributed by atoms with van der Waals surface area (Å²) in [4.78, 5) is 17.1. The van der Waals surface area contributed by atoms with Gasteiger partial charge in [0, 0.05) is 49.0 Å². The summed E-state index contributed by atoms with van der Waals surface area (Å²) in [5, 5.41) is 3.81. The summed E-state index contributed by atoms with van der Waals surface area (Å²) in [5.74, 6) is 0.0191. The molecule has 1 aliphatic rings. The molecule has 4 nitrogen and oxygen atoms in total. The molecule has 5 heteroatoms. The van der Waals surface area contributed by atoms with E-state index in [1.165, 1.54) is 11.3 Å². The molecule has 1 N–H and O–H groups in total. The van der Waals surface area contributed by atoms with Gasteiger partial charge in [0.25, 0.3) is 5.91 Å². The number of rotatable bonds is 6. The van der Waals surface area contributed by atoms with Crippen LogP contribution in [0.1, 0.15) is 27.9 Å². The van der Waals surface area contributed by atoms with E-state index in [0.29, 0.717) is 6.54 Å². The van der Waals surface area contributed by atoms with Gasteiger partial charge in [-0.15, -0.1) is 0 Å². The van der Waals surface area contributed by atoms with E-state index in [0.717, 1.165) is 55.3 Å². The molecular weight excluding hydrogens is 358 g/mol. The third kappa shape index (κ3) is 5.47. The maximum atomic E-state index is 12.2. The molecule has 2 aromatic rings. The molecule has 0 bridgehead atoms. The standard InChI is InChI=1S/C22H28ClN3O/c1-17-4-5-19(16-18(17)2)22(27)24-10-3-11-25-12-14-26(15-13-25)21-8-6-20(23)7-9-21/h4-9,16H,3,10-15H2,1-2H3,(H,24,27). The molecule has 1 amide bonds. The van der Waals surface area contributed by atoms with Crippen molar-refractivity contribution < 1.29 is 4.79 Å². The van der Waals surface area contributed by atoms with Crippen LogP contribution >= 0.6 is 11.6 Å². The minimum Gasteiger partial charge on any atom is -0.369 e. The monoisotopic (exact) mass is 385 g/mol. The lowest BCUT2D eigenvalue weighted by Crippen LogP contribution is -2.47. The van der Waals surface area contributed by atoms with Crippen LogP contribution in [0.3, 0.4) is 0 Å². The van der Waals surface area contributed by atoms with E-state index in [9.17, 15) is 4.79 Å². The highest BCUT2D eigenvalue weighted by molar-refractivity contribution is 6.30. The van der Waals surface area contributed by atoms with Crippen molar-refractivity contribution in [1.29, 1.82) is 0 Å². The first-order chi connectivity index (χ1) is 13.0. The molecule has 1 fully saturated rings. The highest BCUT2D eigenvalue weighted by Crippen LogP contribution is 2.19. The van der Waals surface area contributed by atoms with Crippen LogP contribution in [0.2, 0.25) is 5.02 Å². The fourth-order valence-electron chi connectivity index (χ4n) is 3.37. The third-order valence-corrected chi connectivity index (χ3v) is 5.52. The number of benzene rings is 2. The molecule has 0 atom stereocenters. The third-order valence-electron chi connectivity index (χ3n) is 5.27. The van der Waals surface area contributed by atoms with Crippen molar-refractivity contribution in [2.24, 2.45) is 0 Å². The number of hydrogen-bond acceptors (Lipinski definition) is 3. The SMILES string of the molecule is Cc1ccc(C(=O)NCCCN2CCN(c3ccc(Cl)cc3)CC2)cc1C. The van der Waals surface area contributed by atoms with Gasteiger partial charge in [0.2, 0.25) is 0 Å². The summed E-state index contributed by atoms with van der Waals surface area (Å²) >= 11 is 5.96. The highest BCUT2D eigenvalue weighted by atomic mass is 35.5. The van der Waals surface area contributed by atoms with Crippen molar-refractivity contribution in [2.45, 2.75) is 20.3 Å². The molecule has 0 spiro atoms. The molecule has 1 saturated heterocycles. The van der Waals surface area contributed by atoms with Crippen molar-refractivity contribution >= 4 is 23.2 Å². The zero-order chi connectivity index (χ0) is 19.2. The van der Waals surface area contributed by atoms with E-state index >= 15 is 0 Å². The van der Waals surface area contributed by atoms with Gasteiger partial charge in [0.15, 0.2) is 0 Å². The fraction of sp³-hybridized carbons (Fsp3) is 0.409. The normalized spacial score (nSPS) is 15.0. The fourth-order valence-corrected chi connectivity index (χ4v) is 3.50. The van der Waals surface area contributed by atoms with E-state index in [1.807, 2.05) is 37.3 Å². The molecule has 3 rings (SSSR count). The van der Waals surface area contributed by atoms with Gasteiger partial charge < -0.3 is 10.2 Å². The highest BCUT2D eigenvalue weighted by Gasteiger charge is 2.16. The molecular formula is C22H28ClN3O. The number of aryl methyl sites for hydroxylation is 2. The average Bonchev–Trinajstić information content (AvgIpc) is 2.68. The van der Waals surface area contributed by atoms with Crippen LogP contribution in [0, 0.1) is 13.8 Å². The zero-order valence-corrected chi connectivity index (χ0v) is 16.9. The smallest absolute Gasteiger partial charge is 0.251 e. The van der Waals surface area contributed by atoms with E-state index in [1.54, 1.807) is 0 Å². The first-order valence-electron chi connectivity index (χ1n) is 9.61. The van der Waals surface area contributed by atoms with Gasteiger partial charge in [0.1, 0.15) is 0 Å². The zero-order valence-electron chi connectivity index (χ0n) is 16.2. The molecule has 0 unspecified atom stereocenters. The van der Waals surface area contributed by atoms with Crippen LogP contribution < -0.4 is 10.2 Å². The summed E-state index contributed by atoms with van der Waals surface area (Å²) in [6.07, 6.45) is 0.970.